The van der Waals surface area contributed by atoms with Gasteiger partial charge in [0.1, 0.15) is 11.5 Å². The van der Waals surface area contributed by atoms with Gasteiger partial charge in [-0.2, -0.15) is 0 Å². The van der Waals surface area contributed by atoms with E-state index in [0.717, 1.165) is 30.4 Å². The summed E-state index contributed by atoms with van der Waals surface area (Å²) < 4.78 is 5.88. The van der Waals surface area contributed by atoms with E-state index in [0.29, 0.717) is 6.04 Å². The van der Waals surface area contributed by atoms with Crippen molar-refractivity contribution < 1.29 is 4.42 Å². The summed E-state index contributed by atoms with van der Waals surface area (Å²) in [6.45, 7) is 9.95. The van der Waals surface area contributed by atoms with Crippen molar-refractivity contribution in [2.75, 3.05) is 6.54 Å². The van der Waals surface area contributed by atoms with Crippen LogP contribution in [0, 0.1) is 12.8 Å². The van der Waals surface area contributed by atoms with Gasteiger partial charge in [0.15, 0.2) is 0 Å². The molecule has 0 spiro atoms. The molecule has 2 heterocycles. The van der Waals surface area contributed by atoms with Gasteiger partial charge >= 0.3 is 0 Å². The molecular weight excluding hydrogens is 236 g/mol. The van der Waals surface area contributed by atoms with Crippen LogP contribution in [0.15, 0.2) is 16.5 Å². The predicted molar refractivity (Wildman–Crippen MR) is 79.0 cm³/mol. The molecule has 0 aliphatic carbocycles. The number of aryl methyl sites for hydroxylation is 1. The Morgan fingerprint density at radius 3 is 2.68 bits per heavy atom. The molecule has 1 aromatic rings. The Hall–Kier alpha value is -0.800. The Morgan fingerprint density at radius 2 is 2.16 bits per heavy atom. The van der Waals surface area contributed by atoms with E-state index in [9.17, 15) is 0 Å². The summed E-state index contributed by atoms with van der Waals surface area (Å²) in [5.74, 6) is 2.83. The normalized spacial score (nSPS) is 28.3. The quantitative estimate of drug-likeness (QED) is 0.905. The first kappa shape index (κ1) is 14.6. The molecule has 0 aromatic carbocycles. The molecule has 4 unspecified atom stereocenters. The second-order valence-electron chi connectivity index (χ2n) is 6.18. The molecule has 1 fully saturated rings. The standard InChI is InChI=1S/C16H28N2O/c1-5-14(17)16(15-7-6-13(4)19-15)18-9-8-11(2)10-12(18)3/h6-7,11-12,14,16H,5,8-10,17H2,1-4H3. The Labute approximate surface area is 117 Å². The molecule has 2 N–H and O–H groups in total. The second-order valence-corrected chi connectivity index (χ2v) is 6.18. The third-order valence-electron chi connectivity index (χ3n) is 4.48. The molecule has 1 aromatic heterocycles. The first-order valence-electron chi connectivity index (χ1n) is 7.60. The largest absolute Gasteiger partial charge is 0.465 e. The number of likely N-dealkylation sites (tertiary alicyclic amines) is 1. The summed E-state index contributed by atoms with van der Waals surface area (Å²) in [4.78, 5) is 2.55. The van der Waals surface area contributed by atoms with Crippen molar-refractivity contribution in [3.05, 3.63) is 23.7 Å². The fourth-order valence-corrected chi connectivity index (χ4v) is 3.29. The van der Waals surface area contributed by atoms with Crippen molar-refractivity contribution in [1.29, 1.82) is 0 Å². The Morgan fingerprint density at radius 1 is 1.42 bits per heavy atom. The van der Waals surface area contributed by atoms with E-state index in [-0.39, 0.29) is 12.1 Å². The summed E-state index contributed by atoms with van der Waals surface area (Å²) in [6, 6.07) is 5.08. The third kappa shape index (κ3) is 3.21. The summed E-state index contributed by atoms with van der Waals surface area (Å²) in [5.41, 5.74) is 6.38. The summed E-state index contributed by atoms with van der Waals surface area (Å²) in [5, 5.41) is 0. The maximum atomic E-state index is 6.38. The van der Waals surface area contributed by atoms with Gasteiger partial charge in [0.25, 0.3) is 0 Å². The molecule has 108 valence electrons. The summed E-state index contributed by atoms with van der Waals surface area (Å²) >= 11 is 0. The van der Waals surface area contributed by atoms with Gasteiger partial charge in [-0.25, -0.2) is 0 Å². The number of rotatable bonds is 4. The topological polar surface area (TPSA) is 42.4 Å². The minimum absolute atomic E-state index is 0.140. The highest BCUT2D eigenvalue weighted by Gasteiger charge is 2.34. The maximum Gasteiger partial charge on any atom is 0.122 e. The van der Waals surface area contributed by atoms with E-state index < -0.39 is 0 Å². The summed E-state index contributed by atoms with van der Waals surface area (Å²) in [6.07, 6.45) is 3.49. The number of hydrogen-bond donors (Lipinski definition) is 1. The van der Waals surface area contributed by atoms with E-state index in [1.807, 2.05) is 13.0 Å². The highest BCUT2D eigenvalue weighted by Crippen LogP contribution is 2.33. The Balaban J connectivity index is 2.22. The first-order chi connectivity index (χ1) is 9.02. The van der Waals surface area contributed by atoms with Crippen LogP contribution in [0.5, 0.6) is 0 Å². The van der Waals surface area contributed by atoms with Crippen LogP contribution in [0.1, 0.15) is 57.6 Å². The van der Waals surface area contributed by atoms with Gasteiger partial charge in [0, 0.05) is 12.1 Å². The van der Waals surface area contributed by atoms with E-state index >= 15 is 0 Å². The van der Waals surface area contributed by atoms with Crippen LogP contribution < -0.4 is 5.73 Å². The number of nitrogens with zero attached hydrogens (tertiary/aromatic N) is 1. The number of hydrogen-bond acceptors (Lipinski definition) is 3. The first-order valence-corrected chi connectivity index (χ1v) is 7.60. The molecule has 1 aliphatic rings. The molecule has 0 amide bonds. The number of piperidine rings is 1. The Kier molecular flexibility index (Phi) is 4.69. The van der Waals surface area contributed by atoms with Crippen LogP contribution in [0.2, 0.25) is 0 Å². The monoisotopic (exact) mass is 264 g/mol. The lowest BCUT2D eigenvalue weighted by Gasteiger charge is -2.43. The van der Waals surface area contributed by atoms with Crippen LogP contribution in [0.25, 0.3) is 0 Å². The highest BCUT2D eigenvalue weighted by molar-refractivity contribution is 5.13. The van der Waals surface area contributed by atoms with E-state index in [1.165, 1.54) is 12.8 Å². The van der Waals surface area contributed by atoms with Crippen LogP contribution in [-0.4, -0.2) is 23.5 Å². The van der Waals surface area contributed by atoms with Crippen LogP contribution in [-0.2, 0) is 0 Å². The van der Waals surface area contributed by atoms with Crippen molar-refractivity contribution >= 4 is 0 Å². The molecule has 2 rings (SSSR count). The van der Waals surface area contributed by atoms with Crippen molar-refractivity contribution in [1.82, 2.24) is 4.90 Å². The number of nitrogens with two attached hydrogens (primary N) is 1. The van der Waals surface area contributed by atoms with Gasteiger partial charge in [-0.15, -0.1) is 0 Å². The van der Waals surface area contributed by atoms with Crippen molar-refractivity contribution in [2.45, 2.75) is 65.1 Å². The van der Waals surface area contributed by atoms with Gasteiger partial charge in [0.2, 0.25) is 0 Å². The average Bonchev–Trinajstić information content (AvgIpc) is 2.78. The highest BCUT2D eigenvalue weighted by atomic mass is 16.3. The molecule has 19 heavy (non-hydrogen) atoms. The Bertz CT molecular complexity index is 401. The van der Waals surface area contributed by atoms with Crippen molar-refractivity contribution in [3.63, 3.8) is 0 Å². The van der Waals surface area contributed by atoms with E-state index in [4.69, 9.17) is 10.2 Å². The van der Waals surface area contributed by atoms with Crippen LogP contribution >= 0.6 is 0 Å². The summed E-state index contributed by atoms with van der Waals surface area (Å²) in [7, 11) is 0. The molecule has 3 heteroatoms. The molecule has 1 saturated heterocycles. The zero-order valence-electron chi connectivity index (χ0n) is 12.7. The maximum absolute atomic E-state index is 6.38. The van der Waals surface area contributed by atoms with Crippen LogP contribution in [0.3, 0.4) is 0 Å². The zero-order valence-corrected chi connectivity index (χ0v) is 12.7. The van der Waals surface area contributed by atoms with Gasteiger partial charge < -0.3 is 10.2 Å². The predicted octanol–water partition coefficient (Wildman–Crippen LogP) is 3.49. The smallest absolute Gasteiger partial charge is 0.122 e. The van der Waals surface area contributed by atoms with Gasteiger partial charge in [-0.1, -0.05) is 13.8 Å². The zero-order chi connectivity index (χ0) is 14.0. The van der Waals surface area contributed by atoms with E-state index in [1.54, 1.807) is 0 Å². The fourth-order valence-electron chi connectivity index (χ4n) is 3.29. The van der Waals surface area contributed by atoms with Crippen molar-refractivity contribution in [2.24, 2.45) is 11.7 Å². The molecular formula is C16H28N2O. The molecule has 3 nitrogen and oxygen atoms in total. The number of furan rings is 1. The SMILES string of the molecule is CCC(N)C(c1ccc(C)o1)N1CCC(C)CC1C. The molecule has 0 saturated carbocycles. The van der Waals surface area contributed by atoms with Gasteiger partial charge in [0.05, 0.1) is 6.04 Å². The average molecular weight is 264 g/mol. The lowest BCUT2D eigenvalue weighted by Crippen LogP contribution is -2.48. The molecule has 4 atom stereocenters. The van der Waals surface area contributed by atoms with Crippen LogP contribution in [0.4, 0.5) is 0 Å². The minimum Gasteiger partial charge on any atom is -0.465 e. The van der Waals surface area contributed by atoms with Gasteiger partial charge in [-0.05, 0) is 57.7 Å². The van der Waals surface area contributed by atoms with Gasteiger partial charge in [-0.3, -0.25) is 4.90 Å². The third-order valence-corrected chi connectivity index (χ3v) is 4.48. The fraction of sp³-hybridized carbons (Fsp3) is 0.750. The lowest BCUT2D eigenvalue weighted by atomic mass is 9.89. The lowest BCUT2D eigenvalue weighted by molar-refractivity contribution is 0.0559. The minimum atomic E-state index is 0.140. The second kappa shape index (κ2) is 6.10. The molecule has 0 radical (unpaired) electrons. The van der Waals surface area contributed by atoms with Crippen molar-refractivity contribution in [3.8, 4) is 0 Å². The molecule has 0 bridgehead atoms. The molecule has 1 aliphatic heterocycles. The van der Waals surface area contributed by atoms with E-state index in [2.05, 4.69) is 31.7 Å².